The van der Waals surface area contributed by atoms with Crippen LogP contribution in [-0.4, -0.2) is 29.2 Å². The Labute approximate surface area is 192 Å². The van der Waals surface area contributed by atoms with Crippen molar-refractivity contribution in [2.24, 2.45) is 0 Å². The molecule has 7 heteroatoms. The minimum atomic E-state index is -0.219. The highest BCUT2D eigenvalue weighted by molar-refractivity contribution is 7.08. The molecule has 32 heavy (non-hydrogen) atoms. The standard InChI is InChI=1S/C25H27N3O3S/c1-18(21-9-6-10-23(15-21)27-19(2)29)28(16-20-7-4-3-5-8-20)24(30)11-13-26-25(31)22-12-14-32-17-22/h3-10,12,14-15,17-18H,11,13,16H2,1-2H3,(H,26,31)(H,27,29). The van der Waals surface area contributed by atoms with Crippen LogP contribution in [0.3, 0.4) is 0 Å². The molecule has 2 aromatic carbocycles. The lowest BCUT2D eigenvalue weighted by Gasteiger charge is -2.30. The van der Waals surface area contributed by atoms with Crippen LogP contribution in [0.4, 0.5) is 5.69 Å². The maximum atomic E-state index is 13.2. The molecule has 0 spiro atoms. The molecule has 0 aliphatic carbocycles. The molecule has 0 radical (unpaired) electrons. The largest absolute Gasteiger partial charge is 0.351 e. The highest BCUT2D eigenvalue weighted by Gasteiger charge is 2.22. The summed E-state index contributed by atoms with van der Waals surface area (Å²) in [6.45, 7) is 4.14. The Hall–Kier alpha value is -3.45. The summed E-state index contributed by atoms with van der Waals surface area (Å²) in [5.41, 5.74) is 3.24. The molecule has 0 saturated carbocycles. The lowest BCUT2D eigenvalue weighted by molar-refractivity contribution is -0.134. The summed E-state index contributed by atoms with van der Waals surface area (Å²) in [6, 6.07) is 18.9. The van der Waals surface area contributed by atoms with Gasteiger partial charge in [-0.3, -0.25) is 14.4 Å². The van der Waals surface area contributed by atoms with Gasteiger partial charge in [0.25, 0.3) is 5.91 Å². The number of carbonyl (C=O) groups excluding carboxylic acids is 3. The second-order valence-electron chi connectivity index (χ2n) is 7.51. The van der Waals surface area contributed by atoms with E-state index < -0.39 is 0 Å². The van der Waals surface area contributed by atoms with Crippen LogP contribution in [0.1, 0.15) is 47.8 Å². The van der Waals surface area contributed by atoms with Gasteiger partial charge in [-0.25, -0.2) is 0 Å². The molecule has 0 aliphatic rings. The van der Waals surface area contributed by atoms with Gasteiger partial charge in [-0.2, -0.15) is 11.3 Å². The molecule has 0 saturated heterocycles. The van der Waals surface area contributed by atoms with Crippen LogP contribution in [0, 0.1) is 0 Å². The molecule has 3 aromatic rings. The van der Waals surface area contributed by atoms with Gasteiger partial charge in [0.15, 0.2) is 0 Å². The van der Waals surface area contributed by atoms with Crippen LogP contribution in [0.25, 0.3) is 0 Å². The van der Waals surface area contributed by atoms with Crippen molar-refractivity contribution < 1.29 is 14.4 Å². The van der Waals surface area contributed by atoms with Gasteiger partial charge in [-0.15, -0.1) is 0 Å². The van der Waals surface area contributed by atoms with E-state index >= 15 is 0 Å². The van der Waals surface area contributed by atoms with Crippen molar-refractivity contribution in [3.8, 4) is 0 Å². The van der Waals surface area contributed by atoms with E-state index in [-0.39, 0.29) is 36.7 Å². The van der Waals surface area contributed by atoms with E-state index in [1.165, 1.54) is 18.3 Å². The van der Waals surface area contributed by atoms with Gasteiger partial charge >= 0.3 is 0 Å². The summed E-state index contributed by atoms with van der Waals surface area (Å²) >= 11 is 1.46. The molecular formula is C25H27N3O3S. The predicted octanol–water partition coefficient (Wildman–Crippen LogP) is 4.62. The number of hydrogen-bond donors (Lipinski definition) is 2. The Morgan fingerprint density at radius 1 is 1.03 bits per heavy atom. The monoisotopic (exact) mass is 449 g/mol. The third kappa shape index (κ3) is 6.52. The number of thiophene rings is 1. The summed E-state index contributed by atoms with van der Waals surface area (Å²) in [7, 11) is 0. The van der Waals surface area contributed by atoms with Crippen molar-refractivity contribution in [1.29, 1.82) is 0 Å². The topological polar surface area (TPSA) is 78.5 Å². The van der Waals surface area contributed by atoms with E-state index in [0.717, 1.165) is 11.1 Å². The average Bonchev–Trinajstić information content (AvgIpc) is 3.32. The Kier molecular flexibility index (Phi) is 8.16. The average molecular weight is 450 g/mol. The van der Waals surface area contributed by atoms with Crippen molar-refractivity contribution >= 4 is 34.7 Å². The Balaban J connectivity index is 1.73. The van der Waals surface area contributed by atoms with E-state index in [0.29, 0.717) is 17.8 Å². The van der Waals surface area contributed by atoms with Gasteiger partial charge in [0, 0.05) is 43.1 Å². The molecule has 1 heterocycles. The summed E-state index contributed by atoms with van der Waals surface area (Å²) in [5, 5.41) is 9.23. The fourth-order valence-corrected chi connectivity index (χ4v) is 4.04. The van der Waals surface area contributed by atoms with Gasteiger partial charge in [-0.1, -0.05) is 42.5 Å². The van der Waals surface area contributed by atoms with Gasteiger partial charge < -0.3 is 15.5 Å². The minimum Gasteiger partial charge on any atom is -0.351 e. The Morgan fingerprint density at radius 2 is 1.81 bits per heavy atom. The first-order valence-corrected chi connectivity index (χ1v) is 11.4. The third-order valence-corrected chi connectivity index (χ3v) is 5.76. The molecule has 0 fully saturated rings. The maximum Gasteiger partial charge on any atom is 0.252 e. The van der Waals surface area contributed by atoms with E-state index in [1.54, 1.807) is 16.3 Å². The predicted molar refractivity (Wildman–Crippen MR) is 127 cm³/mol. The first-order chi connectivity index (χ1) is 15.4. The molecule has 0 bridgehead atoms. The summed E-state index contributed by atoms with van der Waals surface area (Å²) in [5.74, 6) is -0.380. The lowest BCUT2D eigenvalue weighted by Crippen LogP contribution is -2.36. The first-order valence-electron chi connectivity index (χ1n) is 10.5. The molecule has 166 valence electrons. The quantitative estimate of drug-likeness (QED) is 0.500. The maximum absolute atomic E-state index is 13.2. The second kappa shape index (κ2) is 11.2. The number of nitrogens with one attached hydrogen (secondary N) is 2. The molecule has 2 N–H and O–H groups in total. The number of amides is 3. The zero-order valence-electron chi connectivity index (χ0n) is 18.2. The number of benzene rings is 2. The zero-order valence-corrected chi connectivity index (χ0v) is 19.0. The van der Waals surface area contributed by atoms with Crippen LogP contribution < -0.4 is 10.6 Å². The van der Waals surface area contributed by atoms with Gasteiger partial charge in [0.1, 0.15) is 0 Å². The van der Waals surface area contributed by atoms with Crippen LogP contribution in [-0.2, 0) is 16.1 Å². The van der Waals surface area contributed by atoms with Gasteiger partial charge in [0.2, 0.25) is 11.8 Å². The van der Waals surface area contributed by atoms with Crippen LogP contribution in [0.15, 0.2) is 71.4 Å². The molecular weight excluding hydrogens is 422 g/mol. The van der Waals surface area contributed by atoms with Crippen molar-refractivity contribution in [1.82, 2.24) is 10.2 Å². The van der Waals surface area contributed by atoms with Crippen LogP contribution >= 0.6 is 11.3 Å². The number of anilines is 1. The van der Waals surface area contributed by atoms with E-state index in [4.69, 9.17) is 0 Å². The molecule has 3 rings (SSSR count). The molecule has 6 nitrogen and oxygen atoms in total. The fraction of sp³-hybridized carbons (Fsp3) is 0.240. The number of rotatable bonds is 9. The number of carbonyl (C=O) groups is 3. The summed E-state index contributed by atoms with van der Waals surface area (Å²) in [6.07, 6.45) is 0.193. The molecule has 0 aliphatic heterocycles. The number of hydrogen-bond acceptors (Lipinski definition) is 4. The van der Waals surface area contributed by atoms with Gasteiger partial charge in [0.05, 0.1) is 6.04 Å². The molecule has 1 atom stereocenters. The fourth-order valence-electron chi connectivity index (χ4n) is 3.40. The van der Waals surface area contributed by atoms with Crippen molar-refractivity contribution in [2.75, 3.05) is 11.9 Å². The normalized spacial score (nSPS) is 11.4. The lowest BCUT2D eigenvalue weighted by atomic mass is 10.0. The van der Waals surface area contributed by atoms with Crippen LogP contribution in [0.5, 0.6) is 0 Å². The second-order valence-corrected chi connectivity index (χ2v) is 8.29. The van der Waals surface area contributed by atoms with Crippen LogP contribution in [0.2, 0.25) is 0 Å². The van der Waals surface area contributed by atoms with Gasteiger partial charge in [-0.05, 0) is 41.6 Å². The zero-order chi connectivity index (χ0) is 22.9. The molecule has 1 unspecified atom stereocenters. The van der Waals surface area contributed by atoms with E-state index in [9.17, 15) is 14.4 Å². The van der Waals surface area contributed by atoms with Crippen molar-refractivity contribution in [2.45, 2.75) is 32.9 Å². The minimum absolute atomic E-state index is 0.0584. The SMILES string of the molecule is CC(=O)Nc1cccc(C(C)N(Cc2ccccc2)C(=O)CCNC(=O)c2ccsc2)c1. The van der Waals surface area contributed by atoms with Crippen molar-refractivity contribution in [3.63, 3.8) is 0 Å². The highest BCUT2D eigenvalue weighted by atomic mass is 32.1. The number of nitrogens with zero attached hydrogens (tertiary/aromatic N) is 1. The van der Waals surface area contributed by atoms with Crippen molar-refractivity contribution in [3.05, 3.63) is 88.1 Å². The third-order valence-electron chi connectivity index (χ3n) is 5.08. The van der Waals surface area contributed by atoms with E-state index in [2.05, 4.69) is 10.6 Å². The Morgan fingerprint density at radius 3 is 2.50 bits per heavy atom. The smallest absolute Gasteiger partial charge is 0.252 e. The molecule has 3 amide bonds. The summed E-state index contributed by atoms with van der Waals surface area (Å²) in [4.78, 5) is 38.6. The highest BCUT2D eigenvalue weighted by Crippen LogP contribution is 2.25. The Bertz CT molecular complexity index is 1050. The summed E-state index contributed by atoms with van der Waals surface area (Å²) < 4.78 is 0. The first kappa shape index (κ1) is 23.2. The molecule has 1 aromatic heterocycles. The van der Waals surface area contributed by atoms with E-state index in [1.807, 2.05) is 66.9 Å².